The van der Waals surface area contributed by atoms with E-state index in [4.69, 9.17) is 0 Å². The number of hydrogen-bond donors (Lipinski definition) is 0. The third kappa shape index (κ3) is 3.21. The Hall–Kier alpha value is -0.540. The second kappa shape index (κ2) is 4.99. The zero-order valence-electron chi connectivity index (χ0n) is 8.95. The Morgan fingerprint density at radius 1 is 1.53 bits per heavy atom. The zero-order chi connectivity index (χ0) is 10.7. The molecule has 82 valence electrons. The van der Waals surface area contributed by atoms with Gasteiger partial charge < -0.3 is 4.90 Å². The van der Waals surface area contributed by atoms with Gasteiger partial charge in [-0.05, 0) is 31.2 Å². The fourth-order valence-electron chi connectivity index (χ4n) is 1.92. The molecule has 1 atom stereocenters. The second-order valence-electron chi connectivity index (χ2n) is 4.09. The van der Waals surface area contributed by atoms with Gasteiger partial charge in [-0.25, -0.2) is 4.39 Å². The lowest BCUT2D eigenvalue weighted by atomic mass is 10.1. The molecule has 1 saturated heterocycles. The van der Waals surface area contributed by atoms with Crippen LogP contribution in [0.4, 0.5) is 4.39 Å². The summed E-state index contributed by atoms with van der Waals surface area (Å²) in [6.07, 6.45) is 0.979. The molecule has 0 aliphatic carbocycles. The maximum atomic E-state index is 13.0. The third-order valence-electron chi connectivity index (χ3n) is 2.69. The van der Waals surface area contributed by atoms with Crippen molar-refractivity contribution in [3.63, 3.8) is 0 Å². The first-order valence-corrected chi connectivity index (χ1v) is 6.33. The molecule has 0 bridgehead atoms. The molecule has 1 fully saturated rings. The monoisotopic (exact) mass is 225 g/mol. The van der Waals surface area contributed by atoms with Crippen molar-refractivity contribution in [1.82, 2.24) is 4.90 Å². The van der Waals surface area contributed by atoms with Crippen molar-refractivity contribution >= 4 is 11.8 Å². The lowest BCUT2D eigenvalue weighted by Crippen LogP contribution is -2.35. The van der Waals surface area contributed by atoms with Gasteiger partial charge in [0.15, 0.2) is 0 Å². The molecule has 0 radical (unpaired) electrons. The van der Waals surface area contributed by atoms with Crippen LogP contribution in [0.1, 0.15) is 5.56 Å². The second-order valence-corrected chi connectivity index (χ2v) is 5.50. The lowest BCUT2D eigenvalue weighted by Gasteiger charge is -2.29. The van der Waals surface area contributed by atoms with E-state index in [1.165, 1.54) is 18.4 Å². The van der Waals surface area contributed by atoms with Crippen molar-refractivity contribution in [2.45, 2.75) is 11.7 Å². The number of rotatable bonds is 2. The summed E-state index contributed by atoms with van der Waals surface area (Å²) >= 11 is 2.00. The van der Waals surface area contributed by atoms with E-state index in [1.54, 1.807) is 12.1 Å². The minimum absolute atomic E-state index is 0.123. The van der Waals surface area contributed by atoms with Crippen LogP contribution < -0.4 is 0 Å². The van der Waals surface area contributed by atoms with Gasteiger partial charge in [-0.2, -0.15) is 11.8 Å². The van der Waals surface area contributed by atoms with Gasteiger partial charge in [-0.3, -0.25) is 0 Å². The predicted molar refractivity (Wildman–Crippen MR) is 63.8 cm³/mol. The summed E-state index contributed by atoms with van der Waals surface area (Å²) in [6.45, 7) is 2.28. The van der Waals surface area contributed by atoms with Gasteiger partial charge in [0.1, 0.15) is 5.82 Å². The summed E-state index contributed by atoms with van der Waals surface area (Å²) in [6, 6.07) is 6.96. The van der Waals surface area contributed by atoms with Crippen LogP contribution in [-0.4, -0.2) is 36.0 Å². The summed E-state index contributed by atoms with van der Waals surface area (Å²) < 4.78 is 13.0. The highest BCUT2D eigenvalue weighted by molar-refractivity contribution is 8.00. The first-order chi connectivity index (χ1) is 7.24. The summed E-state index contributed by atoms with van der Waals surface area (Å²) in [4.78, 5) is 2.35. The smallest absolute Gasteiger partial charge is 0.123 e. The van der Waals surface area contributed by atoms with Gasteiger partial charge in [0.05, 0.1) is 0 Å². The van der Waals surface area contributed by atoms with Gasteiger partial charge in [0.25, 0.3) is 0 Å². The number of benzene rings is 1. The number of thioether (sulfide) groups is 1. The number of nitrogens with zero attached hydrogens (tertiary/aromatic N) is 1. The van der Waals surface area contributed by atoms with Gasteiger partial charge in [-0.15, -0.1) is 0 Å². The lowest BCUT2D eigenvalue weighted by molar-refractivity contribution is 0.344. The molecular formula is C12H16FNS. The highest BCUT2D eigenvalue weighted by atomic mass is 32.2. The van der Waals surface area contributed by atoms with Crippen LogP contribution in [0.3, 0.4) is 0 Å². The van der Waals surface area contributed by atoms with Crippen molar-refractivity contribution in [2.75, 3.05) is 25.9 Å². The molecule has 0 N–H and O–H groups in total. The molecule has 1 aliphatic heterocycles. The van der Waals surface area contributed by atoms with E-state index in [9.17, 15) is 4.39 Å². The molecule has 0 amide bonds. The van der Waals surface area contributed by atoms with Gasteiger partial charge in [0, 0.05) is 24.1 Å². The molecule has 1 aromatic rings. The third-order valence-corrected chi connectivity index (χ3v) is 3.90. The van der Waals surface area contributed by atoms with Crippen molar-refractivity contribution in [2.24, 2.45) is 0 Å². The normalized spacial score (nSPS) is 22.9. The van der Waals surface area contributed by atoms with Gasteiger partial charge in [0.2, 0.25) is 0 Å². The average molecular weight is 225 g/mol. The molecular weight excluding hydrogens is 209 g/mol. The van der Waals surface area contributed by atoms with Crippen LogP contribution in [0.25, 0.3) is 0 Å². The fourth-order valence-corrected chi connectivity index (χ4v) is 3.34. The first kappa shape index (κ1) is 11.0. The number of hydrogen-bond acceptors (Lipinski definition) is 2. The van der Waals surface area contributed by atoms with Crippen LogP contribution in [0.15, 0.2) is 24.3 Å². The summed E-state index contributed by atoms with van der Waals surface area (Å²) in [5.41, 5.74) is 1.11. The molecule has 0 spiro atoms. The Morgan fingerprint density at radius 3 is 3.13 bits per heavy atom. The Labute approximate surface area is 94.7 Å². The Kier molecular flexibility index (Phi) is 3.65. The summed E-state index contributed by atoms with van der Waals surface area (Å²) in [5, 5.41) is 0.616. The Morgan fingerprint density at radius 2 is 2.40 bits per heavy atom. The van der Waals surface area contributed by atoms with E-state index in [-0.39, 0.29) is 5.82 Å². The molecule has 1 unspecified atom stereocenters. The Balaban J connectivity index is 1.96. The summed E-state index contributed by atoms with van der Waals surface area (Å²) in [7, 11) is 2.15. The largest absolute Gasteiger partial charge is 0.304 e. The molecule has 1 aliphatic rings. The van der Waals surface area contributed by atoms with Gasteiger partial charge >= 0.3 is 0 Å². The first-order valence-electron chi connectivity index (χ1n) is 5.28. The fraction of sp³-hybridized carbons (Fsp3) is 0.500. The van der Waals surface area contributed by atoms with Crippen molar-refractivity contribution in [3.8, 4) is 0 Å². The van der Waals surface area contributed by atoms with E-state index in [2.05, 4.69) is 11.9 Å². The van der Waals surface area contributed by atoms with E-state index in [0.29, 0.717) is 5.25 Å². The van der Waals surface area contributed by atoms with Crippen LogP contribution in [-0.2, 0) is 6.42 Å². The molecule has 3 heteroatoms. The highest BCUT2D eigenvalue weighted by Gasteiger charge is 2.17. The van der Waals surface area contributed by atoms with E-state index in [0.717, 1.165) is 18.5 Å². The van der Waals surface area contributed by atoms with Crippen LogP contribution in [0.5, 0.6) is 0 Å². The topological polar surface area (TPSA) is 3.24 Å². The Bertz CT molecular complexity index is 329. The number of halogens is 1. The van der Waals surface area contributed by atoms with E-state index in [1.807, 2.05) is 17.8 Å². The van der Waals surface area contributed by atoms with Crippen LogP contribution in [0.2, 0.25) is 0 Å². The maximum Gasteiger partial charge on any atom is 0.123 e. The minimum atomic E-state index is -0.123. The average Bonchev–Trinajstić information content (AvgIpc) is 2.17. The predicted octanol–water partition coefficient (Wildman–Crippen LogP) is 2.42. The molecule has 1 heterocycles. The highest BCUT2D eigenvalue weighted by Crippen LogP contribution is 2.21. The quantitative estimate of drug-likeness (QED) is 0.760. The van der Waals surface area contributed by atoms with Crippen LogP contribution in [0, 0.1) is 5.82 Å². The van der Waals surface area contributed by atoms with Crippen molar-refractivity contribution in [3.05, 3.63) is 35.6 Å². The van der Waals surface area contributed by atoms with E-state index < -0.39 is 0 Å². The molecule has 0 saturated carbocycles. The SMILES string of the molecule is CN1CCSC(Cc2cccc(F)c2)C1. The molecule has 15 heavy (non-hydrogen) atoms. The van der Waals surface area contributed by atoms with Crippen molar-refractivity contribution < 1.29 is 4.39 Å². The summed E-state index contributed by atoms with van der Waals surface area (Å²) in [5.74, 6) is 1.07. The van der Waals surface area contributed by atoms with E-state index >= 15 is 0 Å². The standard InChI is InChI=1S/C12H16FNS/c1-14-5-6-15-12(9-14)8-10-3-2-4-11(13)7-10/h2-4,7,12H,5-6,8-9H2,1H3. The molecule has 0 aromatic heterocycles. The van der Waals surface area contributed by atoms with Gasteiger partial charge in [-0.1, -0.05) is 12.1 Å². The minimum Gasteiger partial charge on any atom is -0.304 e. The van der Waals surface area contributed by atoms with Crippen molar-refractivity contribution in [1.29, 1.82) is 0 Å². The maximum absolute atomic E-state index is 13.0. The zero-order valence-corrected chi connectivity index (χ0v) is 9.77. The molecule has 1 nitrogen and oxygen atoms in total. The molecule has 2 rings (SSSR count). The molecule has 1 aromatic carbocycles. The van der Waals surface area contributed by atoms with Crippen LogP contribution >= 0.6 is 11.8 Å².